The van der Waals surface area contributed by atoms with E-state index in [-0.39, 0.29) is 12.5 Å². The van der Waals surface area contributed by atoms with E-state index in [2.05, 4.69) is 5.32 Å². The molecule has 0 aromatic heterocycles. The van der Waals surface area contributed by atoms with Crippen LogP contribution in [0.25, 0.3) is 10.8 Å². The molecule has 18 heavy (non-hydrogen) atoms. The molecule has 4 heteroatoms. The molecule has 0 spiro atoms. The Balaban J connectivity index is 2.33. The Morgan fingerprint density at radius 3 is 2.61 bits per heavy atom. The van der Waals surface area contributed by atoms with E-state index in [0.29, 0.717) is 24.2 Å². The molecule has 0 saturated heterocycles. The van der Waals surface area contributed by atoms with Crippen LogP contribution in [-0.4, -0.2) is 24.2 Å². The van der Waals surface area contributed by atoms with E-state index < -0.39 is 0 Å². The highest BCUT2D eigenvalue weighted by Gasteiger charge is 2.10. The molecule has 4 nitrogen and oxygen atoms in total. The van der Waals surface area contributed by atoms with Gasteiger partial charge in [-0.25, -0.2) is 0 Å². The van der Waals surface area contributed by atoms with Crippen molar-refractivity contribution in [3.8, 4) is 0 Å². The molecule has 2 aromatic carbocycles. The molecule has 0 saturated carbocycles. The highest BCUT2D eigenvalue weighted by Crippen LogP contribution is 2.24. The predicted octanol–water partition coefficient (Wildman–Crippen LogP) is 1.53. The first-order valence-corrected chi connectivity index (χ1v) is 5.90. The molecule has 0 radical (unpaired) electrons. The SMILES string of the molecule is Nc1ccc(C(=O)NCCCO)c2ccccc12. The van der Waals surface area contributed by atoms with Gasteiger partial charge in [-0.15, -0.1) is 0 Å². The maximum atomic E-state index is 12.0. The quantitative estimate of drug-likeness (QED) is 0.564. The molecule has 0 aliphatic heterocycles. The van der Waals surface area contributed by atoms with Crippen molar-refractivity contribution in [3.05, 3.63) is 42.0 Å². The predicted molar refractivity (Wildman–Crippen MR) is 72.4 cm³/mol. The van der Waals surface area contributed by atoms with Crippen LogP contribution in [0, 0.1) is 0 Å². The van der Waals surface area contributed by atoms with Gasteiger partial charge < -0.3 is 16.2 Å². The van der Waals surface area contributed by atoms with Crippen LogP contribution in [-0.2, 0) is 0 Å². The minimum absolute atomic E-state index is 0.0722. The largest absolute Gasteiger partial charge is 0.398 e. The number of benzene rings is 2. The number of aliphatic hydroxyl groups excluding tert-OH is 1. The highest BCUT2D eigenvalue weighted by atomic mass is 16.3. The van der Waals surface area contributed by atoms with Crippen molar-refractivity contribution in [2.75, 3.05) is 18.9 Å². The van der Waals surface area contributed by atoms with Crippen LogP contribution in [0.15, 0.2) is 36.4 Å². The molecule has 0 unspecified atom stereocenters. The molecule has 4 N–H and O–H groups in total. The molecule has 0 fully saturated rings. The van der Waals surface area contributed by atoms with Crippen LogP contribution >= 0.6 is 0 Å². The Hall–Kier alpha value is -2.07. The van der Waals surface area contributed by atoms with Gasteiger partial charge in [0.25, 0.3) is 5.91 Å². The molecule has 0 atom stereocenters. The highest BCUT2D eigenvalue weighted by molar-refractivity contribution is 6.09. The smallest absolute Gasteiger partial charge is 0.251 e. The Morgan fingerprint density at radius 2 is 1.89 bits per heavy atom. The molecule has 0 aliphatic rings. The lowest BCUT2D eigenvalue weighted by Crippen LogP contribution is -2.25. The summed E-state index contributed by atoms with van der Waals surface area (Å²) in [4.78, 5) is 12.0. The third-order valence-corrected chi connectivity index (χ3v) is 2.82. The lowest BCUT2D eigenvalue weighted by atomic mass is 10.0. The van der Waals surface area contributed by atoms with E-state index in [1.807, 2.05) is 24.3 Å². The summed E-state index contributed by atoms with van der Waals surface area (Å²) < 4.78 is 0. The number of nitrogens with two attached hydrogens (primary N) is 1. The van der Waals surface area contributed by atoms with Crippen molar-refractivity contribution < 1.29 is 9.90 Å². The zero-order valence-corrected chi connectivity index (χ0v) is 10.0. The van der Waals surface area contributed by atoms with Gasteiger partial charge in [0.2, 0.25) is 0 Å². The number of anilines is 1. The summed E-state index contributed by atoms with van der Waals surface area (Å²) in [5.74, 6) is -0.139. The number of carbonyl (C=O) groups is 1. The molecule has 94 valence electrons. The van der Waals surface area contributed by atoms with E-state index in [4.69, 9.17) is 10.8 Å². The average molecular weight is 244 g/mol. The molecule has 0 aliphatic carbocycles. The van der Waals surface area contributed by atoms with Crippen molar-refractivity contribution in [1.29, 1.82) is 0 Å². The number of fused-ring (bicyclic) bond motifs is 1. The first kappa shape index (κ1) is 12.4. The van der Waals surface area contributed by atoms with Gasteiger partial charge in [-0.1, -0.05) is 24.3 Å². The first-order chi connectivity index (χ1) is 8.74. The van der Waals surface area contributed by atoms with Crippen molar-refractivity contribution >= 4 is 22.4 Å². The zero-order valence-electron chi connectivity index (χ0n) is 10.0. The third-order valence-electron chi connectivity index (χ3n) is 2.82. The van der Waals surface area contributed by atoms with Crippen molar-refractivity contribution in [2.24, 2.45) is 0 Å². The fraction of sp³-hybridized carbons (Fsp3) is 0.214. The Bertz CT molecular complexity index is 567. The van der Waals surface area contributed by atoms with Gasteiger partial charge in [-0.05, 0) is 23.9 Å². The van der Waals surface area contributed by atoms with Crippen LogP contribution in [0.3, 0.4) is 0 Å². The third kappa shape index (κ3) is 2.43. The molecular formula is C14H16N2O2. The second kappa shape index (κ2) is 5.51. The maximum Gasteiger partial charge on any atom is 0.251 e. The summed E-state index contributed by atoms with van der Waals surface area (Å²) in [6.45, 7) is 0.538. The molecule has 1 amide bonds. The van der Waals surface area contributed by atoms with Crippen molar-refractivity contribution in [3.63, 3.8) is 0 Å². The minimum atomic E-state index is -0.139. The van der Waals surface area contributed by atoms with Gasteiger partial charge in [-0.3, -0.25) is 4.79 Å². The maximum absolute atomic E-state index is 12.0. The van der Waals surface area contributed by atoms with E-state index in [9.17, 15) is 4.79 Å². The second-order valence-electron chi connectivity index (χ2n) is 4.08. The number of hydrogen-bond acceptors (Lipinski definition) is 3. The number of nitrogen functional groups attached to an aromatic ring is 1. The average Bonchev–Trinajstić information content (AvgIpc) is 2.39. The fourth-order valence-electron chi connectivity index (χ4n) is 1.90. The fourth-order valence-corrected chi connectivity index (χ4v) is 1.90. The second-order valence-corrected chi connectivity index (χ2v) is 4.08. The summed E-state index contributed by atoms with van der Waals surface area (Å²) in [5, 5.41) is 13.2. The van der Waals surface area contributed by atoms with Crippen molar-refractivity contribution in [2.45, 2.75) is 6.42 Å². The van der Waals surface area contributed by atoms with E-state index >= 15 is 0 Å². The van der Waals surface area contributed by atoms with Gasteiger partial charge in [-0.2, -0.15) is 0 Å². The van der Waals surface area contributed by atoms with Gasteiger partial charge in [0.15, 0.2) is 0 Å². The number of amides is 1. The topological polar surface area (TPSA) is 75.4 Å². The lowest BCUT2D eigenvalue weighted by molar-refractivity contribution is 0.0953. The number of aliphatic hydroxyl groups is 1. The van der Waals surface area contributed by atoms with E-state index in [1.54, 1.807) is 12.1 Å². The van der Waals surface area contributed by atoms with E-state index in [0.717, 1.165) is 10.8 Å². The monoisotopic (exact) mass is 244 g/mol. The van der Waals surface area contributed by atoms with Gasteiger partial charge in [0, 0.05) is 29.8 Å². The molecule has 0 bridgehead atoms. The van der Waals surface area contributed by atoms with Crippen molar-refractivity contribution in [1.82, 2.24) is 5.32 Å². The molecular weight excluding hydrogens is 228 g/mol. The van der Waals surface area contributed by atoms with Crippen LogP contribution in [0.4, 0.5) is 5.69 Å². The molecule has 2 rings (SSSR count). The van der Waals surface area contributed by atoms with Crippen LogP contribution < -0.4 is 11.1 Å². The van der Waals surface area contributed by atoms with Gasteiger partial charge >= 0.3 is 0 Å². The van der Waals surface area contributed by atoms with Crippen LogP contribution in [0.1, 0.15) is 16.8 Å². The Morgan fingerprint density at radius 1 is 1.17 bits per heavy atom. The minimum Gasteiger partial charge on any atom is -0.398 e. The van der Waals surface area contributed by atoms with Crippen LogP contribution in [0.5, 0.6) is 0 Å². The summed E-state index contributed by atoms with van der Waals surface area (Å²) in [7, 11) is 0. The number of nitrogens with one attached hydrogen (secondary N) is 1. The summed E-state index contributed by atoms with van der Waals surface area (Å²) in [6, 6.07) is 11.0. The summed E-state index contributed by atoms with van der Waals surface area (Å²) in [6.07, 6.45) is 0.554. The first-order valence-electron chi connectivity index (χ1n) is 5.90. The molecule has 2 aromatic rings. The molecule has 0 heterocycles. The standard InChI is InChI=1S/C14H16N2O2/c15-13-7-6-12(14(18)16-8-3-9-17)10-4-1-2-5-11(10)13/h1-2,4-7,17H,3,8-9,15H2,(H,16,18). The number of carbonyl (C=O) groups excluding carboxylic acids is 1. The summed E-state index contributed by atoms with van der Waals surface area (Å²) >= 11 is 0. The van der Waals surface area contributed by atoms with E-state index in [1.165, 1.54) is 0 Å². The zero-order chi connectivity index (χ0) is 13.0. The Labute approximate surface area is 105 Å². The van der Waals surface area contributed by atoms with Crippen LogP contribution in [0.2, 0.25) is 0 Å². The Kier molecular flexibility index (Phi) is 3.79. The van der Waals surface area contributed by atoms with Gasteiger partial charge in [0.05, 0.1) is 0 Å². The number of rotatable bonds is 4. The van der Waals surface area contributed by atoms with Gasteiger partial charge in [0.1, 0.15) is 0 Å². The normalized spacial score (nSPS) is 10.5. The lowest BCUT2D eigenvalue weighted by Gasteiger charge is -2.09. The number of hydrogen-bond donors (Lipinski definition) is 3. The summed E-state index contributed by atoms with van der Waals surface area (Å²) in [5.41, 5.74) is 7.16.